The molecule has 0 aliphatic heterocycles. The lowest BCUT2D eigenvalue weighted by molar-refractivity contribution is -0.123. The molecular formula is C10H17N3OS2. The predicted molar refractivity (Wildman–Crippen MR) is 68.7 cm³/mol. The number of nitrogens with one attached hydrogen (secondary N) is 1. The number of hydrogen-bond acceptors (Lipinski definition) is 5. The number of likely N-dealkylation sites (N-methyl/N-ethyl adjacent to an activating group) is 1. The van der Waals surface area contributed by atoms with Crippen molar-refractivity contribution in [1.29, 1.82) is 0 Å². The summed E-state index contributed by atoms with van der Waals surface area (Å²) in [6.07, 6.45) is 3.48. The molecule has 0 aliphatic carbocycles. The zero-order valence-electron chi connectivity index (χ0n) is 9.53. The van der Waals surface area contributed by atoms with Crippen LogP contribution >= 0.6 is 23.1 Å². The van der Waals surface area contributed by atoms with Gasteiger partial charge in [0.25, 0.3) is 0 Å². The number of carbonyl (C=O) groups is 1. The maximum absolute atomic E-state index is 11.2. The van der Waals surface area contributed by atoms with Gasteiger partial charge in [-0.25, -0.2) is 4.98 Å². The molecule has 1 rings (SSSR count). The number of primary amides is 1. The maximum atomic E-state index is 11.2. The van der Waals surface area contributed by atoms with E-state index in [1.165, 1.54) is 0 Å². The fourth-order valence-corrected chi connectivity index (χ4v) is 2.89. The van der Waals surface area contributed by atoms with Gasteiger partial charge in [-0.05, 0) is 26.8 Å². The second kappa shape index (κ2) is 6.22. The van der Waals surface area contributed by atoms with Gasteiger partial charge >= 0.3 is 0 Å². The topological polar surface area (TPSA) is 68.0 Å². The second-order valence-corrected chi connectivity index (χ2v) is 5.93. The second-order valence-electron chi connectivity index (χ2n) is 3.70. The van der Waals surface area contributed by atoms with Gasteiger partial charge in [-0.2, -0.15) is 0 Å². The van der Waals surface area contributed by atoms with E-state index in [2.05, 4.69) is 10.3 Å². The first-order valence-corrected chi connectivity index (χ1v) is 6.96. The summed E-state index contributed by atoms with van der Waals surface area (Å²) >= 11 is 3.36. The summed E-state index contributed by atoms with van der Waals surface area (Å²) in [5.41, 5.74) is 4.75. The molecular weight excluding hydrogens is 242 g/mol. The molecule has 16 heavy (non-hydrogen) atoms. The first-order chi connectivity index (χ1) is 7.58. The lowest BCUT2D eigenvalue weighted by atomic mass is 9.96. The Balaban J connectivity index is 2.26. The third-order valence-electron chi connectivity index (χ3n) is 2.55. The van der Waals surface area contributed by atoms with Gasteiger partial charge in [-0.3, -0.25) is 4.79 Å². The summed E-state index contributed by atoms with van der Waals surface area (Å²) in [4.78, 5) is 15.4. The lowest BCUT2D eigenvalue weighted by Gasteiger charge is -2.25. The smallest absolute Gasteiger partial charge is 0.237 e. The molecule has 3 N–H and O–H groups in total. The molecule has 1 amide bonds. The van der Waals surface area contributed by atoms with Crippen molar-refractivity contribution in [2.45, 2.75) is 29.6 Å². The molecule has 0 radical (unpaired) electrons. The molecule has 6 heteroatoms. The van der Waals surface area contributed by atoms with E-state index in [4.69, 9.17) is 5.73 Å². The monoisotopic (exact) mass is 259 g/mol. The molecule has 0 saturated carbocycles. The fraction of sp³-hybridized carbons (Fsp3) is 0.600. The summed E-state index contributed by atoms with van der Waals surface area (Å²) < 4.78 is 1.07. The van der Waals surface area contributed by atoms with Crippen LogP contribution in [0.1, 0.15) is 19.8 Å². The van der Waals surface area contributed by atoms with Crippen LogP contribution in [0.25, 0.3) is 0 Å². The van der Waals surface area contributed by atoms with Crippen LogP contribution in [-0.4, -0.2) is 29.2 Å². The van der Waals surface area contributed by atoms with Crippen LogP contribution in [0.2, 0.25) is 0 Å². The van der Waals surface area contributed by atoms with Crippen LogP contribution in [0.15, 0.2) is 15.9 Å². The Kier molecular flexibility index (Phi) is 5.24. The number of carbonyl (C=O) groups excluding carboxylic acids is 1. The van der Waals surface area contributed by atoms with Crippen molar-refractivity contribution in [3.8, 4) is 0 Å². The van der Waals surface area contributed by atoms with E-state index >= 15 is 0 Å². The van der Waals surface area contributed by atoms with Gasteiger partial charge in [-0.1, -0.05) is 11.8 Å². The molecule has 0 saturated heterocycles. The molecule has 1 aromatic heterocycles. The molecule has 0 spiro atoms. The number of amides is 1. The predicted octanol–water partition coefficient (Wildman–Crippen LogP) is 1.48. The Morgan fingerprint density at radius 1 is 1.75 bits per heavy atom. The highest BCUT2D eigenvalue weighted by molar-refractivity contribution is 8.00. The summed E-state index contributed by atoms with van der Waals surface area (Å²) in [6.45, 7) is 1.84. The highest BCUT2D eigenvalue weighted by atomic mass is 32.2. The first-order valence-electron chi connectivity index (χ1n) is 5.09. The molecule has 4 nitrogen and oxygen atoms in total. The van der Waals surface area contributed by atoms with E-state index in [-0.39, 0.29) is 5.91 Å². The molecule has 0 aromatic carbocycles. The van der Waals surface area contributed by atoms with Gasteiger partial charge in [0, 0.05) is 17.3 Å². The molecule has 0 fully saturated rings. The number of nitrogens with two attached hydrogens (primary N) is 1. The summed E-state index contributed by atoms with van der Waals surface area (Å²) in [5.74, 6) is 0.659. The van der Waals surface area contributed by atoms with E-state index in [9.17, 15) is 4.79 Å². The molecule has 1 atom stereocenters. The van der Waals surface area contributed by atoms with E-state index < -0.39 is 5.54 Å². The molecule has 1 unspecified atom stereocenters. The highest BCUT2D eigenvalue weighted by Crippen LogP contribution is 2.22. The first kappa shape index (κ1) is 13.5. The number of thiazole rings is 1. The van der Waals surface area contributed by atoms with Crippen molar-refractivity contribution in [2.24, 2.45) is 5.73 Å². The van der Waals surface area contributed by atoms with Crippen molar-refractivity contribution in [2.75, 3.05) is 12.8 Å². The number of hydrogen-bond donors (Lipinski definition) is 2. The minimum Gasteiger partial charge on any atom is -0.368 e. The standard InChI is InChI=1S/C10H17N3OS2/c1-10(12-2,8(11)14)4-3-6-15-9-13-5-7-16-9/h5,7,12H,3-4,6H2,1-2H3,(H2,11,14). The average Bonchev–Trinajstić information content (AvgIpc) is 2.76. The van der Waals surface area contributed by atoms with Crippen molar-refractivity contribution >= 4 is 29.0 Å². The van der Waals surface area contributed by atoms with E-state index in [0.717, 1.165) is 22.9 Å². The van der Waals surface area contributed by atoms with E-state index in [1.807, 2.05) is 12.3 Å². The van der Waals surface area contributed by atoms with Gasteiger partial charge in [0.2, 0.25) is 5.91 Å². The van der Waals surface area contributed by atoms with Gasteiger partial charge in [0.1, 0.15) is 4.34 Å². The van der Waals surface area contributed by atoms with Gasteiger partial charge < -0.3 is 11.1 Å². The van der Waals surface area contributed by atoms with Crippen molar-refractivity contribution in [3.05, 3.63) is 11.6 Å². The Morgan fingerprint density at radius 2 is 2.50 bits per heavy atom. The largest absolute Gasteiger partial charge is 0.368 e. The third kappa shape index (κ3) is 3.77. The minimum absolute atomic E-state index is 0.297. The fourth-order valence-electron chi connectivity index (χ4n) is 1.24. The summed E-state index contributed by atoms with van der Waals surface area (Å²) in [5, 5.41) is 4.94. The quantitative estimate of drug-likeness (QED) is 0.575. The number of rotatable bonds is 7. The Hall–Kier alpha value is -0.590. The number of nitrogens with zero attached hydrogens (tertiary/aromatic N) is 1. The zero-order valence-corrected chi connectivity index (χ0v) is 11.2. The molecule has 1 heterocycles. The average molecular weight is 259 g/mol. The van der Waals surface area contributed by atoms with Gasteiger partial charge in [0.15, 0.2) is 0 Å². The SMILES string of the molecule is CNC(C)(CCCSc1nccs1)C(N)=O. The Bertz CT molecular complexity index is 329. The van der Waals surface area contributed by atoms with Crippen LogP contribution < -0.4 is 11.1 Å². The van der Waals surface area contributed by atoms with Crippen LogP contribution in [0.4, 0.5) is 0 Å². The van der Waals surface area contributed by atoms with Crippen molar-refractivity contribution < 1.29 is 4.79 Å². The van der Waals surface area contributed by atoms with Gasteiger partial charge in [0.05, 0.1) is 5.54 Å². The zero-order chi connectivity index (χ0) is 12.0. The summed E-state index contributed by atoms with van der Waals surface area (Å²) in [7, 11) is 1.76. The lowest BCUT2D eigenvalue weighted by Crippen LogP contribution is -2.51. The van der Waals surface area contributed by atoms with Gasteiger partial charge in [-0.15, -0.1) is 11.3 Å². The van der Waals surface area contributed by atoms with Crippen molar-refractivity contribution in [1.82, 2.24) is 10.3 Å². The van der Waals surface area contributed by atoms with Crippen LogP contribution in [0.5, 0.6) is 0 Å². The highest BCUT2D eigenvalue weighted by Gasteiger charge is 2.27. The maximum Gasteiger partial charge on any atom is 0.237 e. The van der Waals surface area contributed by atoms with Crippen LogP contribution in [-0.2, 0) is 4.79 Å². The summed E-state index contributed by atoms with van der Waals surface area (Å²) in [6, 6.07) is 0. The molecule has 1 aromatic rings. The van der Waals surface area contributed by atoms with Crippen LogP contribution in [0.3, 0.4) is 0 Å². The third-order valence-corrected chi connectivity index (χ3v) is 4.60. The Labute approximate surface area is 104 Å². The van der Waals surface area contributed by atoms with Crippen molar-refractivity contribution in [3.63, 3.8) is 0 Å². The minimum atomic E-state index is -0.594. The normalized spacial score (nSPS) is 14.6. The number of thioether (sulfide) groups is 1. The van der Waals surface area contributed by atoms with Crippen LogP contribution in [0, 0.1) is 0 Å². The number of aromatic nitrogens is 1. The molecule has 0 bridgehead atoms. The molecule has 90 valence electrons. The van der Waals surface area contributed by atoms with E-state index in [1.54, 1.807) is 36.3 Å². The van der Waals surface area contributed by atoms with E-state index in [0.29, 0.717) is 0 Å². The Morgan fingerprint density at radius 3 is 3.00 bits per heavy atom. The molecule has 0 aliphatic rings.